The van der Waals surface area contributed by atoms with Crippen molar-refractivity contribution < 1.29 is 32.6 Å². The van der Waals surface area contributed by atoms with Gasteiger partial charge in [-0.2, -0.15) is 13.2 Å². The second-order valence-electron chi connectivity index (χ2n) is 7.79. The van der Waals surface area contributed by atoms with Gasteiger partial charge in [-0.3, -0.25) is 4.79 Å². The Hall–Kier alpha value is -3.03. The van der Waals surface area contributed by atoms with E-state index in [2.05, 4.69) is 5.32 Å². The number of halogens is 3. The molecular formula is C22H22F3NO4. The summed E-state index contributed by atoms with van der Waals surface area (Å²) in [5.74, 6) is -1.61. The summed E-state index contributed by atoms with van der Waals surface area (Å²) < 4.78 is 44.8. The zero-order valence-electron chi connectivity index (χ0n) is 16.8. The Bertz CT molecular complexity index is 1000. The van der Waals surface area contributed by atoms with E-state index in [4.69, 9.17) is 4.74 Å². The highest BCUT2D eigenvalue weighted by Crippen LogP contribution is 2.37. The van der Waals surface area contributed by atoms with Crippen LogP contribution in [0.25, 0.3) is 0 Å². The molecule has 2 aromatic rings. The van der Waals surface area contributed by atoms with Crippen molar-refractivity contribution in [2.45, 2.75) is 51.4 Å². The number of fused-ring (bicyclic) bond motifs is 1. The predicted molar refractivity (Wildman–Crippen MR) is 104 cm³/mol. The van der Waals surface area contributed by atoms with Gasteiger partial charge >= 0.3 is 12.1 Å². The average Bonchev–Trinajstić information content (AvgIpc) is 3.00. The minimum atomic E-state index is -4.53. The van der Waals surface area contributed by atoms with Gasteiger partial charge in [0.1, 0.15) is 11.3 Å². The van der Waals surface area contributed by atoms with Gasteiger partial charge in [-0.25, -0.2) is 4.79 Å². The number of carboxylic acids is 1. The van der Waals surface area contributed by atoms with E-state index in [1.54, 1.807) is 32.9 Å². The van der Waals surface area contributed by atoms with Gasteiger partial charge in [-0.05, 0) is 55.7 Å². The highest BCUT2D eigenvalue weighted by Gasteiger charge is 2.46. The molecule has 2 aromatic carbocycles. The zero-order valence-corrected chi connectivity index (χ0v) is 16.8. The van der Waals surface area contributed by atoms with Crippen LogP contribution in [0.2, 0.25) is 0 Å². The number of nitrogens with one attached hydrogen (secondary N) is 1. The van der Waals surface area contributed by atoms with Crippen molar-refractivity contribution >= 4 is 11.9 Å². The molecule has 5 nitrogen and oxygen atoms in total. The van der Waals surface area contributed by atoms with Crippen LogP contribution in [-0.4, -0.2) is 28.6 Å². The van der Waals surface area contributed by atoms with E-state index >= 15 is 0 Å². The van der Waals surface area contributed by atoms with Crippen molar-refractivity contribution in [3.05, 3.63) is 64.2 Å². The summed E-state index contributed by atoms with van der Waals surface area (Å²) >= 11 is 0. The number of para-hydroxylation sites is 1. The van der Waals surface area contributed by atoms with Gasteiger partial charge in [0.2, 0.25) is 0 Å². The van der Waals surface area contributed by atoms with Gasteiger partial charge in [-0.1, -0.05) is 18.2 Å². The molecule has 0 saturated carbocycles. The van der Waals surface area contributed by atoms with Gasteiger partial charge in [0.25, 0.3) is 5.91 Å². The Kier molecular flexibility index (Phi) is 5.54. The number of hydrogen-bond donors (Lipinski definition) is 2. The van der Waals surface area contributed by atoms with Gasteiger partial charge in [-0.15, -0.1) is 0 Å². The largest absolute Gasteiger partial charge is 0.490 e. The first-order valence-electron chi connectivity index (χ1n) is 9.44. The molecule has 1 unspecified atom stereocenters. The molecule has 1 atom stereocenters. The average molecular weight is 421 g/mol. The number of aliphatic carboxylic acids is 1. The number of hydrogen-bond acceptors (Lipinski definition) is 3. The van der Waals surface area contributed by atoms with Crippen LogP contribution in [0.5, 0.6) is 5.75 Å². The lowest BCUT2D eigenvalue weighted by atomic mass is 9.94. The third kappa shape index (κ3) is 4.13. The molecule has 0 radical (unpaired) electrons. The lowest BCUT2D eigenvalue weighted by molar-refractivity contribution is -0.144. The van der Waals surface area contributed by atoms with Crippen LogP contribution in [0.3, 0.4) is 0 Å². The Morgan fingerprint density at radius 2 is 1.80 bits per heavy atom. The van der Waals surface area contributed by atoms with Crippen molar-refractivity contribution in [3.8, 4) is 5.75 Å². The quantitative estimate of drug-likeness (QED) is 0.761. The third-order valence-electron chi connectivity index (χ3n) is 5.09. The number of amides is 1. The maximum absolute atomic E-state index is 13.0. The number of carbonyl (C=O) groups is 2. The lowest BCUT2D eigenvalue weighted by Gasteiger charge is -2.26. The molecule has 0 aromatic heterocycles. The molecule has 2 N–H and O–H groups in total. The molecule has 1 amide bonds. The van der Waals surface area contributed by atoms with Crippen LogP contribution in [0, 0.1) is 6.92 Å². The Labute approximate surface area is 171 Å². The molecule has 1 aliphatic carbocycles. The topological polar surface area (TPSA) is 75.6 Å². The molecule has 1 aliphatic rings. The molecule has 30 heavy (non-hydrogen) atoms. The third-order valence-corrected chi connectivity index (χ3v) is 5.09. The summed E-state index contributed by atoms with van der Waals surface area (Å²) in [5, 5.41) is 12.4. The number of aryl methyl sites for hydroxylation is 1. The first-order chi connectivity index (χ1) is 13.9. The normalized spacial score (nSPS) is 18.2. The summed E-state index contributed by atoms with van der Waals surface area (Å²) in [5.41, 5.74) is -0.965. The van der Waals surface area contributed by atoms with E-state index in [-0.39, 0.29) is 30.1 Å². The Morgan fingerprint density at radius 1 is 1.13 bits per heavy atom. The SMILES string of the molecule is Cc1cccc(C(=O)NC2(C(=O)O)Cc3ccc(C(F)(F)F)cc3C2)c1OC(C)C. The summed E-state index contributed by atoms with van der Waals surface area (Å²) in [6, 6.07) is 8.10. The van der Waals surface area contributed by atoms with Crippen LogP contribution >= 0.6 is 0 Å². The molecule has 0 saturated heterocycles. The molecule has 8 heteroatoms. The summed E-state index contributed by atoms with van der Waals surface area (Å²) in [6.45, 7) is 5.38. The summed E-state index contributed by atoms with van der Waals surface area (Å²) in [4.78, 5) is 25.1. The molecular weight excluding hydrogens is 399 g/mol. The van der Waals surface area contributed by atoms with Crippen LogP contribution in [0.4, 0.5) is 13.2 Å². The standard InChI is InChI=1S/C22H22F3NO4/c1-12(2)30-18-13(3)5-4-6-17(18)19(27)26-21(20(28)29)10-14-7-8-16(22(23,24)25)9-15(14)11-21/h4-9,12H,10-11H2,1-3H3,(H,26,27)(H,28,29). The first-order valence-corrected chi connectivity index (χ1v) is 9.44. The number of ether oxygens (including phenoxy) is 1. The predicted octanol–water partition coefficient (Wildman–Crippen LogP) is 4.15. The molecule has 0 bridgehead atoms. The minimum absolute atomic E-state index is 0.103. The van der Waals surface area contributed by atoms with Crippen LogP contribution in [-0.2, 0) is 23.8 Å². The summed E-state index contributed by atoms with van der Waals surface area (Å²) in [6.07, 6.45) is -5.08. The Balaban J connectivity index is 1.93. The van der Waals surface area contributed by atoms with E-state index in [0.717, 1.165) is 12.1 Å². The van der Waals surface area contributed by atoms with E-state index in [9.17, 15) is 27.9 Å². The Morgan fingerprint density at radius 3 is 2.40 bits per heavy atom. The molecule has 0 spiro atoms. The molecule has 0 fully saturated rings. The smallest absolute Gasteiger partial charge is 0.416 e. The second-order valence-corrected chi connectivity index (χ2v) is 7.79. The van der Waals surface area contributed by atoms with Crippen molar-refractivity contribution in [2.24, 2.45) is 0 Å². The molecule has 0 aliphatic heterocycles. The van der Waals surface area contributed by atoms with Crippen LogP contribution in [0.15, 0.2) is 36.4 Å². The first kappa shape index (κ1) is 21.7. The maximum atomic E-state index is 13.0. The van der Waals surface area contributed by atoms with Crippen molar-refractivity contribution in [1.82, 2.24) is 5.32 Å². The highest BCUT2D eigenvalue weighted by molar-refractivity contribution is 6.00. The van der Waals surface area contributed by atoms with E-state index in [1.165, 1.54) is 12.1 Å². The molecule has 3 rings (SSSR count). The number of carbonyl (C=O) groups excluding carboxylic acids is 1. The fourth-order valence-electron chi connectivity index (χ4n) is 3.65. The van der Waals surface area contributed by atoms with Crippen molar-refractivity contribution in [2.75, 3.05) is 0 Å². The van der Waals surface area contributed by atoms with Crippen molar-refractivity contribution in [1.29, 1.82) is 0 Å². The van der Waals surface area contributed by atoms with Crippen LogP contribution in [0.1, 0.15) is 46.5 Å². The highest BCUT2D eigenvalue weighted by atomic mass is 19.4. The van der Waals surface area contributed by atoms with E-state index in [1.807, 2.05) is 0 Å². The fraction of sp³-hybridized carbons (Fsp3) is 0.364. The van der Waals surface area contributed by atoms with Crippen molar-refractivity contribution in [3.63, 3.8) is 0 Å². The number of alkyl halides is 3. The van der Waals surface area contributed by atoms with Gasteiger partial charge < -0.3 is 15.2 Å². The van der Waals surface area contributed by atoms with Gasteiger partial charge in [0, 0.05) is 12.8 Å². The second kappa shape index (κ2) is 7.66. The number of benzene rings is 2. The van der Waals surface area contributed by atoms with E-state index in [0.29, 0.717) is 16.9 Å². The van der Waals surface area contributed by atoms with Crippen LogP contribution < -0.4 is 10.1 Å². The lowest BCUT2D eigenvalue weighted by Crippen LogP contribution is -2.55. The zero-order chi connectivity index (χ0) is 22.3. The monoisotopic (exact) mass is 421 g/mol. The molecule has 160 valence electrons. The van der Waals surface area contributed by atoms with Gasteiger partial charge in [0.05, 0.1) is 17.2 Å². The number of carboxylic acid groups (broad SMARTS) is 1. The van der Waals surface area contributed by atoms with Gasteiger partial charge in [0.15, 0.2) is 0 Å². The van der Waals surface area contributed by atoms with E-state index < -0.39 is 29.2 Å². The minimum Gasteiger partial charge on any atom is -0.490 e. The summed E-state index contributed by atoms with van der Waals surface area (Å²) in [7, 11) is 0. The fourth-order valence-corrected chi connectivity index (χ4v) is 3.65. The number of rotatable bonds is 5. The molecule has 0 heterocycles. The maximum Gasteiger partial charge on any atom is 0.416 e.